The van der Waals surface area contributed by atoms with Crippen LogP contribution in [0.5, 0.6) is 0 Å². The molecule has 0 saturated carbocycles. The molecule has 2 rings (SSSR count). The second-order valence-corrected chi connectivity index (χ2v) is 9.98. The smallest absolute Gasteiger partial charge is 0.869 e. The second kappa shape index (κ2) is 13.5. The monoisotopic (exact) mass is 573 g/mol. The van der Waals surface area contributed by atoms with Gasteiger partial charge < -0.3 is 15.3 Å². The topological polar surface area (TPSA) is 95.0 Å². The van der Waals surface area contributed by atoms with Crippen LogP contribution in [0.4, 0.5) is 26.3 Å². The van der Waals surface area contributed by atoms with Gasteiger partial charge in [0.25, 0.3) is 0 Å². The minimum Gasteiger partial charge on any atom is -0.869 e. The van der Waals surface area contributed by atoms with Crippen LogP contribution in [0, 0.1) is 27.7 Å². The van der Waals surface area contributed by atoms with Crippen molar-refractivity contribution in [3.8, 4) is 0 Å². The minimum atomic E-state index is -4.81. The fraction of sp³-hybridized carbons (Fsp3) is 0.500. The van der Waals surface area contributed by atoms with Crippen molar-refractivity contribution < 1.29 is 58.7 Å². The van der Waals surface area contributed by atoms with E-state index in [1.807, 2.05) is 0 Å². The predicted molar refractivity (Wildman–Crippen MR) is 111 cm³/mol. The van der Waals surface area contributed by atoms with Crippen LogP contribution in [0.15, 0.2) is 11.5 Å². The van der Waals surface area contributed by atoms with Gasteiger partial charge in [0.1, 0.15) is 10.0 Å². The van der Waals surface area contributed by atoms with Gasteiger partial charge in [-0.15, -0.1) is 28.3 Å². The number of alkyl halides is 6. The predicted octanol–water partition coefficient (Wildman–Crippen LogP) is 4.19. The van der Waals surface area contributed by atoms with Crippen molar-refractivity contribution in [2.45, 2.75) is 66.4 Å². The Labute approximate surface area is 212 Å². The van der Waals surface area contributed by atoms with Gasteiger partial charge in [0.2, 0.25) is 0 Å². The summed E-state index contributed by atoms with van der Waals surface area (Å²) in [4.78, 5) is 9.23. The molecule has 2 aromatic rings. The van der Waals surface area contributed by atoms with Gasteiger partial charge in [-0.2, -0.15) is 26.3 Å². The van der Waals surface area contributed by atoms with E-state index in [-0.39, 0.29) is 27.1 Å². The van der Waals surface area contributed by atoms with E-state index in [1.165, 1.54) is 0 Å². The van der Waals surface area contributed by atoms with Crippen molar-refractivity contribution in [3.63, 3.8) is 0 Å². The Bertz CT molecular complexity index is 857. The number of rotatable bonds is 2. The summed E-state index contributed by atoms with van der Waals surface area (Å²) in [5.74, 6) is -3.74. The molecule has 34 heavy (non-hydrogen) atoms. The Kier molecular flexibility index (Phi) is 13.7. The molecular weight excluding hydrogens is 550 g/mol. The summed E-state index contributed by atoms with van der Waals surface area (Å²) in [6.45, 7) is 11.7. The molecule has 0 N–H and O–H groups in total. The maximum atomic E-state index is 11.8. The van der Waals surface area contributed by atoms with E-state index in [0.717, 1.165) is 32.4 Å². The Balaban J connectivity index is 0. The molecule has 2 heterocycles. The van der Waals surface area contributed by atoms with Gasteiger partial charge in [0.15, 0.2) is 0 Å². The zero-order chi connectivity index (χ0) is 26.4. The minimum absolute atomic E-state index is 0. The van der Waals surface area contributed by atoms with Crippen LogP contribution in [0.2, 0.25) is 0 Å². The molecule has 0 unspecified atom stereocenters. The van der Waals surface area contributed by atoms with E-state index in [9.17, 15) is 41.7 Å². The number of aromatic nitrogens is 2. The second-order valence-electron chi connectivity index (χ2n) is 7.51. The molecule has 0 bridgehead atoms. The number of hydrogen-bond donors (Lipinski definition) is 0. The molecule has 0 aliphatic carbocycles. The van der Waals surface area contributed by atoms with E-state index < -0.39 is 29.5 Å². The van der Waals surface area contributed by atoms with Crippen molar-refractivity contribution >= 4 is 34.8 Å². The largest absolute Gasteiger partial charge is 3.00 e. The molecule has 193 valence electrons. The summed E-state index contributed by atoms with van der Waals surface area (Å²) in [7, 11) is 0. The van der Waals surface area contributed by atoms with E-state index >= 15 is 0 Å². The van der Waals surface area contributed by atoms with Gasteiger partial charge in [0, 0.05) is 9.75 Å². The summed E-state index contributed by atoms with van der Waals surface area (Å²) in [5.41, 5.74) is 0.549. The van der Waals surface area contributed by atoms with Gasteiger partial charge in [-0.05, 0) is 51.4 Å². The van der Waals surface area contributed by atoms with Crippen LogP contribution in [0.3, 0.4) is 0 Å². The first kappa shape index (κ1) is 34.6. The van der Waals surface area contributed by atoms with Gasteiger partial charge in [-0.1, -0.05) is 20.8 Å². The summed E-state index contributed by atoms with van der Waals surface area (Å²) in [5, 5.41) is 31.4. The van der Waals surface area contributed by atoms with Crippen molar-refractivity contribution in [1.82, 2.24) is 9.97 Å². The normalized spacial score (nSPS) is 12.8. The molecule has 0 atom stereocenters. The average molecular weight is 573 g/mol. The zero-order valence-corrected chi connectivity index (χ0v) is 21.9. The number of hydrogen-bond acceptors (Lipinski definition) is 7. The van der Waals surface area contributed by atoms with E-state index in [0.29, 0.717) is 23.5 Å². The summed E-state index contributed by atoms with van der Waals surface area (Å²) in [6.07, 6.45) is -8.59. The fourth-order valence-electron chi connectivity index (χ4n) is 1.51. The zero-order valence-electron chi connectivity index (χ0n) is 19.2. The SMILES string of the molecule is CC(C)(C)[O-].Cc1nc(/C=C(\[O-])C(F)(F)F)sc1C.Cc1nc(/C=C(\[O-])C(F)(F)F)sc1C.[Fe+3]. The molecular formula is C20H23F6FeN2O3S2. The number of thiazole rings is 2. The van der Waals surface area contributed by atoms with Crippen molar-refractivity contribution in [1.29, 1.82) is 0 Å². The molecule has 0 amide bonds. The Morgan fingerprint density at radius 3 is 1.09 bits per heavy atom. The number of aryl methyl sites for hydroxylation is 4. The molecule has 2 aromatic heterocycles. The first-order valence-corrected chi connectivity index (χ1v) is 10.7. The molecule has 0 aliphatic rings. The number of nitrogens with zero attached hydrogens (tertiary/aromatic N) is 2. The molecule has 0 spiro atoms. The quantitative estimate of drug-likeness (QED) is 0.305. The van der Waals surface area contributed by atoms with Crippen LogP contribution in [0.1, 0.15) is 51.9 Å². The average Bonchev–Trinajstić information content (AvgIpc) is 3.05. The first-order valence-electron chi connectivity index (χ1n) is 9.11. The molecule has 14 heteroatoms. The van der Waals surface area contributed by atoms with Crippen molar-refractivity contribution in [3.05, 3.63) is 42.7 Å². The van der Waals surface area contributed by atoms with E-state index in [4.69, 9.17) is 0 Å². The Morgan fingerprint density at radius 1 is 0.706 bits per heavy atom. The first-order chi connectivity index (χ1) is 14.6. The number of allylic oxidation sites excluding steroid dienone is 2. The van der Waals surface area contributed by atoms with Gasteiger partial charge in [0.05, 0.1) is 11.4 Å². The van der Waals surface area contributed by atoms with E-state index in [2.05, 4.69) is 9.97 Å². The van der Waals surface area contributed by atoms with Gasteiger partial charge in [-0.3, -0.25) is 0 Å². The van der Waals surface area contributed by atoms with Crippen LogP contribution >= 0.6 is 22.7 Å². The molecule has 5 nitrogen and oxygen atoms in total. The van der Waals surface area contributed by atoms with Crippen LogP contribution in [-0.2, 0) is 17.1 Å². The van der Waals surface area contributed by atoms with Crippen LogP contribution in [-0.4, -0.2) is 27.9 Å². The van der Waals surface area contributed by atoms with Crippen LogP contribution < -0.4 is 15.3 Å². The Morgan fingerprint density at radius 2 is 0.941 bits per heavy atom. The summed E-state index contributed by atoms with van der Waals surface area (Å²) < 4.78 is 71.0. The van der Waals surface area contributed by atoms with E-state index in [1.54, 1.807) is 48.5 Å². The molecule has 0 saturated heterocycles. The fourth-order valence-corrected chi connectivity index (χ4v) is 3.22. The van der Waals surface area contributed by atoms with Gasteiger partial charge in [-0.25, -0.2) is 9.97 Å². The summed E-state index contributed by atoms with van der Waals surface area (Å²) in [6, 6.07) is 0. The third-order valence-corrected chi connectivity index (χ3v) is 5.20. The Hall–Kier alpha value is -1.60. The van der Waals surface area contributed by atoms with Crippen molar-refractivity contribution in [2.75, 3.05) is 0 Å². The third kappa shape index (κ3) is 14.6. The maximum Gasteiger partial charge on any atom is 3.00 e. The standard InChI is InChI=1S/2C8H8F3NOS.C4H9O.Fe/c2*1-4-5(2)14-7(12-4)3-6(13)8(9,10)11;1-4(2,3)5;/h2*3,13H,1-2H3;1-3H3;/q;;-1;+3/p-2/b2*6-3-;;. The molecule has 1 radical (unpaired) electrons. The molecule has 0 aromatic carbocycles. The summed E-state index contributed by atoms with van der Waals surface area (Å²) >= 11 is 2.14. The van der Waals surface area contributed by atoms with Crippen LogP contribution in [0.25, 0.3) is 12.2 Å². The van der Waals surface area contributed by atoms with Gasteiger partial charge >= 0.3 is 29.4 Å². The maximum absolute atomic E-state index is 11.8. The third-order valence-electron chi connectivity index (χ3n) is 3.16. The van der Waals surface area contributed by atoms with Crippen molar-refractivity contribution in [2.24, 2.45) is 0 Å². The number of halogens is 6. The molecule has 0 aliphatic heterocycles. The molecule has 0 fully saturated rings.